The predicted molar refractivity (Wildman–Crippen MR) is 116 cm³/mol. The number of morpholine rings is 1. The monoisotopic (exact) mass is 406 g/mol. The topological polar surface area (TPSA) is 58.6 Å². The molecule has 0 radical (unpaired) electrons. The summed E-state index contributed by atoms with van der Waals surface area (Å²) >= 11 is 1.49. The van der Waals surface area contributed by atoms with Crippen molar-refractivity contribution in [2.24, 2.45) is 0 Å². The summed E-state index contributed by atoms with van der Waals surface area (Å²) in [5.74, 6) is 0.175. The summed E-state index contributed by atoms with van der Waals surface area (Å²) in [7, 11) is 0. The van der Waals surface area contributed by atoms with Crippen molar-refractivity contribution in [1.82, 2.24) is 4.90 Å². The third kappa shape index (κ3) is 4.96. The molecule has 0 unspecified atom stereocenters. The van der Waals surface area contributed by atoms with Crippen LogP contribution < -0.4 is 5.32 Å². The molecule has 0 bridgehead atoms. The summed E-state index contributed by atoms with van der Waals surface area (Å²) in [6.07, 6.45) is 0. The summed E-state index contributed by atoms with van der Waals surface area (Å²) in [6, 6.07) is 21.4. The van der Waals surface area contributed by atoms with Gasteiger partial charge in [-0.05, 0) is 41.1 Å². The van der Waals surface area contributed by atoms with Crippen LogP contribution in [0, 0.1) is 0 Å². The molecule has 5 nitrogen and oxygen atoms in total. The Morgan fingerprint density at radius 1 is 0.931 bits per heavy atom. The number of nitrogens with zero attached hydrogens (tertiary/aromatic N) is 1. The van der Waals surface area contributed by atoms with Crippen molar-refractivity contribution < 1.29 is 14.3 Å². The molecule has 2 amide bonds. The Morgan fingerprint density at radius 3 is 2.55 bits per heavy atom. The van der Waals surface area contributed by atoms with Gasteiger partial charge in [-0.1, -0.05) is 36.4 Å². The molecule has 0 spiro atoms. The van der Waals surface area contributed by atoms with Gasteiger partial charge in [0, 0.05) is 29.2 Å². The Kier molecular flexibility index (Phi) is 6.12. The van der Waals surface area contributed by atoms with Crippen LogP contribution in [0.1, 0.15) is 10.4 Å². The summed E-state index contributed by atoms with van der Waals surface area (Å²) in [4.78, 5) is 27.8. The Morgan fingerprint density at radius 2 is 1.72 bits per heavy atom. The number of anilines is 1. The molecule has 0 aliphatic carbocycles. The predicted octanol–water partition coefficient (Wildman–Crippen LogP) is 4.04. The quantitative estimate of drug-likeness (QED) is 0.650. The fourth-order valence-corrected chi connectivity index (χ4v) is 4.03. The molecule has 1 N–H and O–H groups in total. The highest BCUT2D eigenvalue weighted by Crippen LogP contribution is 2.24. The van der Waals surface area contributed by atoms with Gasteiger partial charge >= 0.3 is 0 Å². The number of carbonyl (C=O) groups excluding carboxylic acids is 2. The number of amides is 2. The van der Waals surface area contributed by atoms with Gasteiger partial charge in [-0.2, -0.15) is 0 Å². The maximum absolute atomic E-state index is 12.6. The highest BCUT2D eigenvalue weighted by atomic mass is 32.2. The number of hydrogen-bond donors (Lipinski definition) is 1. The zero-order chi connectivity index (χ0) is 20.1. The number of rotatable bonds is 5. The molecule has 1 heterocycles. The Balaban J connectivity index is 1.36. The zero-order valence-corrected chi connectivity index (χ0v) is 16.8. The van der Waals surface area contributed by atoms with Crippen molar-refractivity contribution in [2.75, 3.05) is 37.4 Å². The number of nitrogens with one attached hydrogen (secondary N) is 1. The molecule has 0 aromatic heterocycles. The number of fused-ring (bicyclic) bond motifs is 1. The molecule has 1 aliphatic rings. The first-order chi connectivity index (χ1) is 14.2. The van der Waals surface area contributed by atoms with E-state index in [1.54, 1.807) is 29.2 Å². The molecule has 148 valence electrons. The Labute approximate surface area is 174 Å². The standard InChI is InChI=1S/C23H22N2O3S/c26-22(16-29-21-9-8-17-4-1-2-5-18(17)15-21)24-20-7-3-6-19(14-20)23(27)25-10-12-28-13-11-25/h1-9,14-15H,10-13,16H2,(H,24,26). The lowest BCUT2D eigenvalue weighted by molar-refractivity contribution is -0.113. The van der Waals surface area contributed by atoms with Crippen LogP contribution in [0.5, 0.6) is 0 Å². The number of benzene rings is 3. The lowest BCUT2D eigenvalue weighted by Crippen LogP contribution is -2.40. The van der Waals surface area contributed by atoms with Gasteiger partial charge in [0.15, 0.2) is 0 Å². The van der Waals surface area contributed by atoms with E-state index in [1.807, 2.05) is 18.2 Å². The minimum Gasteiger partial charge on any atom is -0.378 e. The highest BCUT2D eigenvalue weighted by Gasteiger charge is 2.18. The normalized spacial score (nSPS) is 14.0. The van der Waals surface area contributed by atoms with Crippen LogP contribution in [0.4, 0.5) is 5.69 Å². The van der Waals surface area contributed by atoms with E-state index >= 15 is 0 Å². The van der Waals surface area contributed by atoms with E-state index < -0.39 is 0 Å². The minimum atomic E-state index is -0.0980. The average Bonchev–Trinajstić information content (AvgIpc) is 2.78. The summed E-state index contributed by atoms with van der Waals surface area (Å²) in [5, 5.41) is 5.24. The molecular weight excluding hydrogens is 384 g/mol. The summed E-state index contributed by atoms with van der Waals surface area (Å²) < 4.78 is 5.30. The third-order valence-electron chi connectivity index (χ3n) is 4.78. The second kappa shape index (κ2) is 9.11. The molecule has 0 saturated carbocycles. The lowest BCUT2D eigenvalue weighted by Gasteiger charge is -2.27. The van der Waals surface area contributed by atoms with Crippen LogP contribution in [0.25, 0.3) is 10.8 Å². The first kappa shape index (κ1) is 19.5. The van der Waals surface area contributed by atoms with Gasteiger partial charge in [-0.3, -0.25) is 9.59 Å². The molecule has 6 heteroatoms. The van der Waals surface area contributed by atoms with Crippen LogP contribution in [-0.2, 0) is 9.53 Å². The largest absolute Gasteiger partial charge is 0.378 e. The van der Waals surface area contributed by atoms with Crippen molar-refractivity contribution in [3.05, 3.63) is 72.3 Å². The lowest BCUT2D eigenvalue weighted by atomic mass is 10.1. The van der Waals surface area contributed by atoms with E-state index in [-0.39, 0.29) is 11.8 Å². The average molecular weight is 407 g/mol. The smallest absolute Gasteiger partial charge is 0.254 e. The van der Waals surface area contributed by atoms with E-state index in [9.17, 15) is 9.59 Å². The molecule has 1 saturated heterocycles. The minimum absolute atomic E-state index is 0.0325. The molecule has 1 aliphatic heterocycles. The van der Waals surface area contributed by atoms with E-state index in [2.05, 4.69) is 29.6 Å². The number of thioether (sulfide) groups is 1. The molecule has 3 aromatic rings. The van der Waals surface area contributed by atoms with Gasteiger partial charge < -0.3 is 15.0 Å². The van der Waals surface area contributed by atoms with Crippen LogP contribution in [0.15, 0.2) is 71.6 Å². The fraction of sp³-hybridized carbons (Fsp3) is 0.217. The second-order valence-corrected chi connectivity index (χ2v) is 7.88. The van der Waals surface area contributed by atoms with E-state index in [0.717, 1.165) is 10.3 Å². The zero-order valence-electron chi connectivity index (χ0n) is 16.0. The fourth-order valence-electron chi connectivity index (χ4n) is 3.28. The van der Waals surface area contributed by atoms with Crippen LogP contribution >= 0.6 is 11.8 Å². The molecule has 3 aromatic carbocycles. The van der Waals surface area contributed by atoms with E-state index in [4.69, 9.17) is 4.74 Å². The number of hydrogen-bond acceptors (Lipinski definition) is 4. The third-order valence-corrected chi connectivity index (χ3v) is 5.78. The Bertz CT molecular complexity index is 1030. The van der Waals surface area contributed by atoms with Gasteiger partial charge in [0.05, 0.1) is 19.0 Å². The van der Waals surface area contributed by atoms with Gasteiger partial charge in [-0.15, -0.1) is 11.8 Å². The van der Waals surface area contributed by atoms with Crippen LogP contribution in [0.2, 0.25) is 0 Å². The van der Waals surface area contributed by atoms with Gasteiger partial charge in [0.2, 0.25) is 5.91 Å². The molecule has 29 heavy (non-hydrogen) atoms. The van der Waals surface area contributed by atoms with Crippen molar-refractivity contribution in [3.8, 4) is 0 Å². The number of carbonyl (C=O) groups is 2. The van der Waals surface area contributed by atoms with Gasteiger partial charge in [0.25, 0.3) is 5.91 Å². The van der Waals surface area contributed by atoms with Crippen molar-refractivity contribution in [1.29, 1.82) is 0 Å². The van der Waals surface area contributed by atoms with Crippen LogP contribution in [-0.4, -0.2) is 48.8 Å². The van der Waals surface area contributed by atoms with Gasteiger partial charge in [-0.25, -0.2) is 0 Å². The van der Waals surface area contributed by atoms with Crippen molar-refractivity contribution in [2.45, 2.75) is 4.90 Å². The number of ether oxygens (including phenoxy) is 1. The molecular formula is C23H22N2O3S. The molecule has 4 rings (SSSR count). The molecule has 0 atom stereocenters. The maximum Gasteiger partial charge on any atom is 0.254 e. The van der Waals surface area contributed by atoms with Crippen molar-refractivity contribution in [3.63, 3.8) is 0 Å². The second-order valence-electron chi connectivity index (χ2n) is 6.83. The molecule has 1 fully saturated rings. The first-order valence-electron chi connectivity index (χ1n) is 9.57. The Hall–Kier alpha value is -2.83. The van der Waals surface area contributed by atoms with Gasteiger partial charge in [0.1, 0.15) is 0 Å². The summed E-state index contributed by atoms with van der Waals surface area (Å²) in [6.45, 7) is 2.32. The van der Waals surface area contributed by atoms with E-state index in [1.165, 1.54) is 17.1 Å². The SMILES string of the molecule is O=C(CSc1ccc2ccccc2c1)Nc1cccc(C(=O)N2CCOCC2)c1. The maximum atomic E-state index is 12.6. The summed E-state index contributed by atoms with van der Waals surface area (Å²) in [5.41, 5.74) is 1.21. The van der Waals surface area contributed by atoms with E-state index in [0.29, 0.717) is 43.3 Å². The van der Waals surface area contributed by atoms with Crippen molar-refractivity contribution >= 4 is 40.0 Å². The highest BCUT2D eigenvalue weighted by molar-refractivity contribution is 8.00. The first-order valence-corrected chi connectivity index (χ1v) is 10.6. The van der Waals surface area contributed by atoms with Crippen LogP contribution in [0.3, 0.4) is 0 Å².